The van der Waals surface area contributed by atoms with Gasteiger partial charge in [-0.3, -0.25) is 4.79 Å². The lowest BCUT2D eigenvalue weighted by atomic mass is 10.1. The molecular weight excluding hydrogens is 442 g/mol. The summed E-state index contributed by atoms with van der Waals surface area (Å²) in [5, 5.41) is 7.79. The molecule has 5 rings (SSSR count). The van der Waals surface area contributed by atoms with Crippen molar-refractivity contribution in [3.8, 4) is 17.3 Å². The maximum absolute atomic E-state index is 14.1. The summed E-state index contributed by atoms with van der Waals surface area (Å²) in [7, 11) is 0. The molecule has 0 amide bonds. The summed E-state index contributed by atoms with van der Waals surface area (Å²) < 4.78 is 56.8. The van der Waals surface area contributed by atoms with E-state index in [1.807, 2.05) is 0 Å². The Hall–Kier alpha value is -3.73. The van der Waals surface area contributed by atoms with Gasteiger partial charge in [-0.1, -0.05) is 18.2 Å². The molecule has 2 N–H and O–H groups in total. The second-order valence-corrected chi connectivity index (χ2v) is 7.70. The highest BCUT2D eigenvalue weighted by molar-refractivity contribution is 5.82. The summed E-state index contributed by atoms with van der Waals surface area (Å²) in [6, 6.07) is 9.78. The maximum Gasteiger partial charge on any atom is 0.573 e. The molecule has 0 fully saturated rings. The average molecular weight is 459 g/mol. The van der Waals surface area contributed by atoms with Crippen LogP contribution in [0.15, 0.2) is 47.3 Å². The number of hydrogen-bond acceptors (Lipinski definition) is 5. The highest BCUT2D eigenvalue weighted by Crippen LogP contribution is 2.27. The minimum absolute atomic E-state index is 0.0117. The molecule has 11 heteroatoms. The van der Waals surface area contributed by atoms with Gasteiger partial charge in [-0.25, -0.2) is 14.1 Å². The Morgan fingerprint density at radius 1 is 1.15 bits per heavy atom. The number of aromatic amines is 1. The number of alkyl halides is 3. The zero-order chi connectivity index (χ0) is 23.3. The normalized spacial score (nSPS) is 16.1. The highest BCUT2D eigenvalue weighted by Gasteiger charge is 2.31. The van der Waals surface area contributed by atoms with Gasteiger partial charge >= 0.3 is 6.36 Å². The monoisotopic (exact) mass is 459 g/mol. The van der Waals surface area contributed by atoms with Crippen molar-refractivity contribution in [1.82, 2.24) is 25.1 Å². The first-order chi connectivity index (χ1) is 15.7. The number of nitrogens with one attached hydrogen (secondary N) is 2. The van der Waals surface area contributed by atoms with E-state index < -0.39 is 17.6 Å². The molecule has 1 aliphatic heterocycles. The van der Waals surface area contributed by atoms with E-state index in [2.05, 4.69) is 25.1 Å². The summed E-state index contributed by atoms with van der Waals surface area (Å²) >= 11 is 0. The molecule has 4 aromatic rings. The first-order valence-electron chi connectivity index (χ1n) is 10.0. The van der Waals surface area contributed by atoms with Crippen LogP contribution >= 0.6 is 0 Å². The summed E-state index contributed by atoms with van der Waals surface area (Å²) in [5.74, 6) is 0.0529. The van der Waals surface area contributed by atoms with E-state index >= 15 is 0 Å². The van der Waals surface area contributed by atoms with Crippen LogP contribution in [0.1, 0.15) is 23.0 Å². The van der Waals surface area contributed by atoms with Crippen molar-refractivity contribution in [2.24, 2.45) is 0 Å². The van der Waals surface area contributed by atoms with Crippen LogP contribution in [-0.2, 0) is 13.1 Å². The average Bonchev–Trinajstić information content (AvgIpc) is 3.18. The number of nitrogens with zero attached hydrogens (tertiary/aromatic N) is 3. The molecule has 3 heterocycles. The largest absolute Gasteiger partial charge is 0.573 e. The third kappa shape index (κ3) is 3.95. The number of benzene rings is 2. The van der Waals surface area contributed by atoms with Gasteiger partial charge in [0.15, 0.2) is 11.3 Å². The molecule has 0 saturated carbocycles. The molecule has 7 nitrogen and oxygen atoms in total. The van der Waals surface area contributed by atoms with E-state index in [4.69, 9.17) is 0 Å². The molecule has 0 spiro atoms. The lowest BCUT2D eigenvalue weighted by Gasteiger charge is -2.24. The van der Waals surface area contributed by atoms with Gasteiger partial charge in [0, 0.05) is 5.56 Å². The number of rotatable bonds is 3. The predicted octanol–water partition coefficient (Wildman–Crippen LogP) is 3.98. The quantitative estimate of drug-likeness (QED) is 0.453. The standard InChI is InChI=1S/C22H17F4N5O2/c1-11-19(28-15-4-2-3-14(23)18(15)20(11)32)21-29-17-9-27-16(10-31(17)30-21)12-5-7-13(8-6-12)33-22(24,25)26/h2-8,16,27H,9-10H2,1H3,(H,28,32). The van der Waals surface area contributed by atoms with Crippen LogP contribution < -0.4 is 15.5 Å². The van der Waals surface area contributed by atoms with Gasteiger partial charge in [0.05, 0.1) is 35.7 Å². The molecule has 0 saturated heterocycles. The Labute approximate surface area is 184 Å². The fourth-order valence-corrected chi connectivity index (χ4v) is 3.95. The van der Waals surface area contributed by atoms with E-state index in [1.54, 1.807) is 29.8 Å². The lowest BCUT2D eigenvalue weighted by Crippen LogP contribution is -2.32. The number of aromatic nitrogens is 4. The first-order valence-corrected chi connectivity index (χ1v) is 10.0. The van der Waals surface area contributed by atoms with Crippen molar-refractivity contribution in [1.29, 1.82) is 0 Å². The smallest absolute Gasteiger partial charge is 0.406 e. The van der Waals surface area contributed by atoms with Crippen molar-refractivity contribution in [3.05, 3.63) is 75.5 Å². The molecule has 2 aromatic carbocycles. The molecule has 1 aliphatic rings. The van der Waals surface area contributed by atoms with E-state index in [-0.39, 0.29) is 17.2 Å². The molecule has 170 valence electrons. The van der Waals surface area contributed by atoms with Crippen LogP contribution in [0.2, 0.25) is 0 Å². The van der Waals surface area contributed by atoms with E-state index in [0.29, 0.717) is 41.5 Å². The third-order valence-corrected chi connectivity index (χ3v) is 5.57. The molecule has 2 aromatic heterocycles. The van der Waals surface area contributed by atoms with E-state index in [9.17, 15) is 22.4 Å². The van der Waals surface area contributed by atoms with Gasteiger partial charge in [0.1, 0.15) is 17.4 Å². The zero-order valence-corrected chi connectivity index (χ0v) is 17.2. The zero-order valence-electron chi connectivity index (χ0n) is 17.2. The van der Waals surface area contributed by atoms with E-state index in [1.165, 1.54) is 24.3 Å². The molecular formula is C22H17F4N5O2. The van der Waals surface area contributed by atoms with Crippen LogP contribution in [0, 0.1) is 12.7 Å². The molecule has 0 bridgehead atoms. The number of ether oxygens (including phenoxy) is 1. The Morgan fingerprint density at radius 2 is 1.91 bits per heavy atom. The molecule has 1 atom stereocenters. The fraction of sp³-hybridized carbons (Fsp3) is 0.227. The number of H-pyrrole nitrogens is 1. The fourth-order valence-electron chi connectivity index (χ4n) is 3.95. The lowest BCUT2D eigenvalue weighted by molar-refractivity contribution is -0.274. The molecule has 1 unspecified atom stereocenters. The Morgan fingerprint density at radius 3 is 2.64 bits per heavy atom. The number of halogens is 4. The maximum atomic E-state index is 14.1. The molecule has 0 radical (unpaired) electrons. The minimum Gasteiger partial charge on any atom is -0.406 e. The first kappa shape index (κ1) is 21.1. The molecule has 33 heavy (non-hydrogen) atoms. The highest BCUT2D eigenvalue weighted by atomic mass is 19.4. The number of fused-ring (bicyclic) bond motifs is 2. The summed E-state index contributed by atoms with van der Waals surface area (Å²) in [6.07, 6.45) is -4.75. The van der Waals surface area contributed by atoms with Gasteiger partial charge in [-0.15, -0.1) is 18.3 Å². The van der Waals surface area contributed by atoms with Crippen LogP contribution in [0.5, 0.6) is 5.75 Å². The summed E-state index contributed by atoms with van der Waals surface area (Å²) in [6.45, 7) is 2.34. The van der Waals surface area contributed by atoms with Gasteiger partial charge < -0.3 is 15.0 Å². The Bertz CT molecular complexity index is 1410. The third-order valence-electron chi connectivity index (χ3n) is 5.57. The number of hydrogen-bond donors (Lipinski definition) is 2. The van der Waals surface area contributed by atoms with Gasteiger partial charge in [-0.05, 0) is 36.8 Å². The van der Waals surface area contributed by atoms with Crippen molar-refractivity contribution in [2.75, 3.05) is 0 Å². The van der Waals surface area contributed by atoms with Gasteiger partial charge in [-0.2, -0.15) is 0 Å². The second-order valence-electron chi connectivity index (χ2n) is 7.70. The topological polar surface area (TPSA) is 84.8 Å². The van der Waals surface area contributed by atoms with Crippen molar-refractivity contribution in [2.45, 2.75) is 32.4 Å². The van der Waals surface area contributed by atoms with E-state index in [0.717, 1.165) is 5.56 Å². The summed E-state index contributed by atoms with van der Waals surface area (Å²) in [4.78, 5) is 20.3. The minimum atomic E-state index is -4.75. The van der Waals surface area contributed by atoms with Crippen LogP contribution in [0.4, 0.5) is 17.6 Å². The molecule has 0 aliphatic carbocycles. The number of pyridine rings is 1. The second kappa shape index (κ2) is 7.69. The SMILES string of the molecule is Cc1c(-c2nc3n(n2)CC(c2ccc(OC(F)(F)F)cc2)NC3)[nH]c2cccc(F)c2c1=O. The van der Waals surface area contributed by atoms with Crippen LogP contribution in [-0.4, -0.2) is 26.1 Å². The van der Waals surface area contributed by atoms with Crippen LogP contribution in [0.3, 0.4) is 0 Å². The predicted molar refractivity (Wildman–Crippen MR) is 111 cm³/mol. The van der Waals surface area contributed by atoms with Crippen molar-refractivity contribution >= 4 is 10.9 Å². The van der Waals surface area contributed by atoms with Crippen molar-refractivity contribution in [3.63, 3.8) is 0 Å². The van der Waals surface area contributed by atoms with Crippen LogP contribution in [0.25, 0.3) is 22.4 Å². The van der Waals surface area contributed by atoms with Gasteiger partial charge in [0.25, 0.3) is 0 Å². The Kier molecular flexibility index (Phi) is 4.93. The summed E-state index contributed by atoms with van der Waals surface area (Å²) in [5.41, 5.74) is 1.40. The Balaban J connectivity index is 1.43. The van der Waals surface area contributed by atoms with Crippen molar-refractivity contribution < 1.29 is 22.3 Å². The van der Waals surface area contributed by atoms with Gasteiger partial charge in [0.2, 0.25) is 0 Å².